The highest BCUT2D eigenvalue weighted by atomic mass is 15.2. The van der Waals surface area contributed by atoms with E-state index in [4.69, 9.17) is 0 Å². The van der Waals surface area contributed by atoms with E-state index in [-0.39, 0.29) is 33.8 Å². The normalized spacial score (nSPS) is 22.2. The average molecular weight is 855 g/mol. The van der Waals surface area contributed by atoms with Crippen LogP contribution in [0.4, 0.5) is 34.1 Å². The van der Waals surface area contributed by atoms with Crippen LogP contribution >= 0.6 is 0 Å². The Morgan fingerprint density at radius 1 is 0.431 bits per heavy atom. The molecule has 0 spiro atoms. The number of hydrogen-bond donors (Lipinski definition) is 0. The molecule has 2 nitrogen and oxygen atoms in total. The summed E-state index contributed by atoms with van der Waals surface area (Å²) < 4.78 is 0. The van der Waals surface area contributed by atoms with Gasteiger partial charge in [-0.2, -0.15) is 0 Å². The zero-order valence-corrected chi connectivity index (χ0v) is 41.5. The third-order valence-corrected chi connectivity index (χ3v) is 16.6. The van der Waals surface area contributed by atoms with Gasteiger partial charge in [-0.25, -0.2) is 0 Å². The smallest absolute Gasteiger partial charge is 0.252 e. The Bertz CT molecular complexity index is 2800. The molecule has 0 radical (unpaired) electrons. The van der Waals surface area contributed by atoms with Gasteiger partial charge in [0.05, 0.1) is 5.69 Å². The van der Waals surface area contributed by atoms with Crippen molar-refractivity contribution in [2.24, 2.45) is 17.8 Å². The summed E-state index contributed by atoms with van der Waals surface area (Å²) in [6, 6.07) is 48.7. The minimum absolute atomic E-state index is 0.00364. The number of benzene rings is 6. The number of hydrogen-bond acceptors (Lipinski definition) is 2. The first-order valence-corrected chi connectivity index (χ1v) is 25.0. The maximum Gasteiger partial charge on any atom is 0.252 e. The average Bonchev–Trinajstić information content (AvgIpc) is 3.24. The zero-order chi connectivity index (χ0) is 45.6. The predicted octanol–water partition coefficient (Wildman–Crippen LogP) is 15.1. The topological polar surface area (TPSA) is 6.48 Å². The van der Waals surface area contributed by atoms with Crippen molar-refractivity contribution in [3.63, 3.8) is 0 Å². The second-order valence-corrected chi connectivity index (χ2v) is 25.4. The lowest BCUT2D eigenvalue weighted by Gasteiger charge is -2.57. The minimum atomic E-state index is -0.0134. The fraction of sp³-hybridized carbons (Fsp3) is 0.419. The fourth-order valence-corrected chi connectivity index (χ4v) is 13.4. The molecular weight excluding hydrogens is 784 g/mol. The third kappa shape index (κ3) is 7.04. The van der Waals surface area contributed by atoms with Gasteiger partial charge in [0.25, 0.3) is 6.71 Å². The van der Waals surface area contributed by atoms with Gasteiger partial charge in [-0.15, -0.1) is 0 Å². The SMILES string of the molecule is CC(C)(C)c1ccc(N2c3ccc(C(C)(C)C)cc3B3c4cc(C(C)(C)C)ccc4N(c4ccc(C(C)(C)C)cc4-c4ccccc4)c4cc(C56CC7CC(CC(C7)C5)C6)cc2c43)cc1. The number of rotatable bonds is 4. The van der Waals surface area contributed by atoms with Gasteiger partial charge in [-0.3, -0.25) is 0 Å². The molecule has 0 unspecified atom stereocenters. The van der Waals surface area contributed by atoms with Crippen LogP contribution in [0.25, 0.3) is 11.1 Å². The first-order chi connectivity index (χ1) is 30.7. The second kappa shape index (κ2) is 14.5. The Balaban J connectivity index is 1.27. The molecule has 4 saturated carbocycles. The molecule has 4 bridgehead atoms. The summed E-state index contributed by atoms with van der Waals surface area (Å²) in [5.41, 5.74) is 22.0. The summed E-state index contributed by atoms with van der Waals surface area (Å²) >= 11 is 0. The highest BCUT2D eigenvalue weighted by Crippen LogP contribution is 2.62. The first-order valence-electron chi connectivity index (χ1n) is 25.0. The summed E-state index contributed by atoms with van der Waals surface area (Å²) in [4.78, 5) is 5.42. The van der Waals surface area contributed by atoms with Crippen molar-refractivity contribution >= 4 is 57.2 Å². The van der Waals surface area contributed by atoms with Crippen LogP contribution in [-0.2, 0) is 27.1 Å². The monoisotopic (exact) mass is 855 g/mol. The van der Waals surface area contributed by atoms with Crippen LogP contribution in [0.5, 0.6) is 0 Å². The number of nitrogens with zero attached hydrogens (tertiary/aromatic N) is 2. The first kappa shape index (κ1) is 42.6. The molecule has 332 valence electrons. The van der Waals surface area contributed by atoms with Crippen molar-refractivity contribution in [3.8, 4) is 11.1 Å². The van der Waals surface area contributed by atoms with Gasteiger partial charge in [0.1, 0.15) is 0 Å². The summed E-state index contributed by atoms with van der Waals surface area (Å²) in [6.07, 6.45) is 8.29. The van der Waals surface area contributed by atoms with Crippen LogP contribution in [0.3, 0.4) is 0 Å². The summed E-state index contributed by atoms with van der Waals surface area (Å²) in [5, 5.41) is 0. The van der Waals surface area contributed by atoms with Crippen LogP contribution < -0.4 is 26.2 Å². The molecule has 2 aliphatic heterocycles. The lowest BCUT2D eigenvalue weighted by Crippen LogP contribution is -2.62. The molecule has 0 amide bonds. The number of anilines is 6. The quantitative estimate of drug-likeness (QED) is 0.163. The lowest BCUT2D eigenvalue weighted by molar-refractivity contribution is -0.00514. The number of fused-ring (bicyclic) bond motifs is 4. The molecule has 65 heavy (non-hydrogen) atoms. The van der Waals surface area contributed by atoms with Crippen molar-refractivity contribution in [1.29, 1.82) is 0 Å². The highest BCUT2D eigenvalue weighted by Gasteiger charge is 2.53. The van der Waals surface area contributed by atoms with E-state index < -0.39 is 0 Å². The Morgan fingerprint density at radius 3 is 1.35 bits per heavy atom. The molecule has 4 aliphatic carbocycles. The molecule has 0 N–H and O–H groups in total. The summed E-state index contributed by atoms with van der Waals surface area (Å²) in [7, 11) is 0. The molecule has 0 aromatic heterocycles. The van der Waals surface area contributed by atoms with Crippen LogP contribution in [0, 0.1) is 17.8 Å². The van der Waals surface area contributed by atoms with E-state index in [1.807, 2.05) is 0 Å². The van der Waals surface area contributed by atoms with E-state index in [1.54, 1.807) is 5.56 Å². The van der Waals surface area contributed by atoms with Crippen molar-refractivity contribution in [2.75, 3.05) is 9.80 Å². The van der Waals surface area contributed by atoms with E-state index in [0.717, 1.165) is 17.8 Å². The Labute approximate surface area is 392 Å². The largest absolute Gasteiger partial charge is 0.311 e. The third-order valence-electron chi connectivity index (χ3n) is 16.6. The van der Waals surface area contributed by atoms with Crippen LogP contribution in [0.15, 0.2) is 121 Å². The molecule has 0 saturated heterocycles. The highest BCUT2D eigenvalue weighted by molar-refractivity contribution is 7.00. The molecule has 6 aromatic carbocycles. The van der Waals surface area contributed by atoms with Crippen molar-refractivity contribution in [1.82, 2.24) is 0 Å². The van der Waals surface area contributed by atoms with Crippen molar-refractivity contribution < 1.29 is 0 Å². The van der Waals surface area contributed by atoms with Gasteiger partial charge in [-0.05, 0) is 182 Å². The van der Waals surface area contributed by atoms with Crippen LogP contribution in [0.2, 0.25) is 0 Å². The van der Waals surface area contributed by atoms with Crippen molar-refractivity contribution in [2.45, 2.75) is 149 Å². The Kier molecular flexibility index (Phi) is 9.50. The van der Waals surface area contributed by atoms with Crippen LogP contribution in [0.1, 0.15) is 149 Å². The maximum atomic E-state index is 2.74. The molecular formula is C62H71BN2. The van der Waals surface area contributed by atoms with E-state index in [1.165, 1.54) is 122 Å². The van der Waals surface area contributed by atoms with Gasteiger partial charge in [-0.1, -0.05) is 156 Å². The maximum absolute atomic E-state index is 2.74. The zero-order valence-electron chi connectivity index (χ0n) is 41.5. The van der Waals surface area contributed by atoms with E-state index >= 15 is 0 Å². The van der Waals surface area contributed by atoms with E-state index in [2.05, 4.69) is 214 Å². The lowest BCUT2D eigenvalue weighted by atomic mass is 9.33. The van der Waals surface area contributed by atoms with Gasteiger partial charge < -0.3 is 9.80 Å². The van der Waals surface area contributed by atoms with E-state index in [9.17, 15) is 0 Å². The predicted molar refractivity (Wildman–Crippen MR) is 281 cm³/mol. The Morgan fingerprint density at radius 2 is 0.862 bits per heavy atom. The standard InChI is InChI=1S/C62H71BN2/c1-58(2,3)43-18-23-48(24-19-43)64-53-26-21-45(60(7,8)9)32-50(53)63-51-33-46(61(10,11)12)22-27-54(51)65(52-25-20-44(59(4,5)6)31-49(52)42-16-14-13-15-17-42)56-35-47(34-55(64)57(56)63)62-36-39-28-40(37-62)30-41(29-39)38-62/h13-27,31-35,39-41H,28-30,36-38H2,1-12H3. The molecule has 2 heterocycles. The van der Waals surface area contributed by atoms with Gasteiger partial charge >= 0.3 is 0 Å². The minimum Gasteiger partial charge on any atom is -0.311 e. The van der Waals surface area contributed by atoms with Crippen LogP contribution in [-0.4, -0.2) is 6.71 Å². The summed E-state index contributed by atoms with van der Waals surface area (Å²) in [6.45, 7) is 28.4. The Hall–Kier alpha value is -5.02. The molecule has 0 atom stereocenters. The summed E-state index contributed by atoms with van der Waals surface area (Å²) in [5.74, 6) is 2.55. The molecule has 4 fully saturated rings. The van der Waals surface area contributed by atoms with E-state index in [0.29, 0.717) is 0 Å². The van der Waals surface area contributed by atoms with Gasteiger partial charge in [0.2, 0.25) is 0 Å². The van der Waals surface area contributed by atoms with Crippen molar-refractivity contribution in [3.05, 3.63) is 149 Å². The molecule has 6 aromatic rings. The molecule has 3 heteroatoms. The van der Waals surface area contributed by atoms with Gasteiger partial charge in [0.15, 0.2) is 0 Å². The fourth-order valence-electron chi connectivity index (χ4n) is 13.4. The molecule has 12 rings (SSSR count). The second-order valence-electron chi connectivity index (χ2n) is 25.4. The molecule has 6 aliphatic rings. The van der Waals surface area contributed by atoms with Gasteiger partial charge in [0, 0.05) is 34.0 Å².